The third kappa shape index (κ3) is 1.22. The number of carbonyl (C=O) groups excluding carboxylic acids is 2. The molecule has 1 fully saturated rings. The lowest BCUT2D eigenvalue weighted by Crippen LogP contribution is -2.50. The van der Waals surface area contributed by atoms with Crippen molar-refractivity contribution in [2.24, 2.45) is 0 Å². The Labute approximate surface area is 106 Å². The van der Waals surface area contributed by atoms with E-state index in [1.165, 1.54) is 0 Å². The zero-order chi connectivity index (χ0) is 12.9. The van der Waals surface area contributed by atoms with Gasteiger partial charge in [0.1, 0.15) is 0 Å². The molecule has 4 heteroatoms. The van der Waals surface area contributed by atoms with Crippen molar-refractivity contribution in [1.29, 1.82) is 0 Å². The van der Waals surface area contributed by atoms with Gasteiger partial charge in [-0.1, -0.05) is 38.1 Å². The van der Waals surface area contributed by atoms with Gasteiger partial charge in [-0.15, -0.1) is 0 Å². The fraction of sp³-hybridized carbons (Fsp3) is 0.429. The highest BCUT2D eigenvalue weighted by Gasteiger charge is 2.71. The largest absolute Gasteiger partial charge is 0.333 e. The van der Waals surface area contributed by atoms with Crippen LogP contribution in [-0.2, 0) is 4.74 Å². The lowest BCUT2D eigenvalue weighted by atomic mass is 9.85. The van der Waals surface area contributed by atoms with Gasteiger partial charge in [0.2, 0.25) is 11.5 Å². The second kappa shape index (κ2) is 3.73. The molecule has 2 atom stereocenters. The molecule has 0 saturated carbocycles. The van der Waals surface area contributed by atoms with Gasteiger partial charge in [-0.25, -0.2) is 0 Å². The van der Waals surface area contributed by atoms with Crippen LogP contribution in [-0.4, -0.2) is 41.4 Å². The highest BCUT2D eigenvalue weighted by molar-refractivity contribution is 6.22. The van der Waals surface area contributed by atoms with Crippen LogP contribution in [0, 0.1) is 0 Å². The van der Waals surface area contributed by atoms with Gasteiger partial charge in [-0.05, 0) is 13.1 Å². The van der Waals surface area contributed by atoms with E-state index in [9.17, 15) is 9.59 Å². The fourth-order valence-electron chi connectivity index (χ4n) is 2.86. The number of nitrogens with zero attached hydrogens (tertiary/aromatic N) is 1. The minimum Gasteiger partial charge on any atom is -0.333 e. The quantitative estimate of drug-likeness (QED) is 0.757. The first-order valence-corrected chi connectivity index (χ1v) is 6.27. The summed E-state index contributed by atoms with van der Waals surface area (Å²) < 4.78 is 5.54. The maximum atomic E-state index is 12.6. The molecule has 1 aromatic rings. The zero-order valence-electron chi connectivity index (χ0n) is 10.5. The summed E-state index contributed by atoms with van der Waals surface area (Å²) in [7, 11) is 0. The van der Waals surface area contributed by atoms with E-state index in [0.717, 1.165) is 0 Å². The number of rotatable bonds is 3. The van der Waals surface area contributed by atoms with Gasteiger partial charge < -0.3 is 4.74 Å². The summed E-state index contributed by atoms with van der Waals surface area (Å²) in [5, 5.41) is 0. The van der Waals surface area contributed by atoms with E-state index < -0.39 is 11.8 Å². The lowest BCUT2D eigenvalue weighted by molar-refractivity contribution is 0.0537. The second-order valence-electron chi connectivity index (χ2n) is 4.61. The average Bonchev–Trinajstić information content (AvgIpc) is 3.15. The number of ether oxygens (including phenoxy) is 1. The zero-order valence-corrected chi connectivity index (χ0v) is 10.5. The molecule has 0 amide bonds. The summed E-state index contributed by atoms with van der Waals surface area (Å²) in [6.45, 7) is 5.31. The van der Waals surface area contributed by atoms with E-state index >= 15 is 0 Å². The molecule has 18 heavy (non-hydrogen) atoms. The molecule has 0 aromatic heterocycles. The predicted molar refractivity (Wildman–Crippen MR) is 65.6 cm³/mol. The normalized spacial score (nSPS) is 29.2. The summed E-state index contributed by atoms with van der Waals surface area (Å²) in [6, 6.07) is 6.96. The number of benzene rings is 1. The maximum Gasteiger partial charge on any atom is 0.221 e. The van der Waals surface area contributed by atoms with E-state index in [-0.39, 0.29) is 11.6 Å². The van der Waals surface area contributed by atoms with E-state index in [1.807, 2.05) is 18.7 Å². The molecule has 0 bridgehead atoms. The van der Waals surface area contributed by atoms with Crippen LogP contribution in [0.2, 0.25) is 0 Å². The number of ketones is 2. The first kappa shape index (κ1) is 11.6. The molecule has 1 aliphatic heterocycles. The Kier molecular flexibility index (Phi) is 2.40. The Balaban J connectivity index is 2.11. The van der Waals surface area contributed by atoms with Crippen LogP contribution in [0.3, 0.4) is 0 Å². The standard InChI is InChI=1S/C14H15NO3/c1-3-15(4-2)14-12(17)10-8-6-5-7-9(10)11(16)13(14)18-14/h5-8,13H,3-4H2,1-2H3. The first-order chi connectivity index (χ1) is 8.66. The van der Waals surface area contributed by atoms with Gasteiger partial charge in [-0.3, -0.25) is 14.5 Å². The topological polar surface area (TPSA) is 49.9 Å². The molecule has 1 aliphatic carbocycles. The monoisotopic (exact) mass is 245 g/mol. The summed E-state index contributed by atoms with van der Waals surface area (Å²) >= 11 is 0. The summed E-state index contributed by atoms with van der Waals surface area (Å²) in [5.74, 6) is -0.150. The molecule has 1 aromatic carbocycles. The molecule has 3 rings (SSSR count). The van der Waals surface area contributed by atoms with Crippen LogP contribution in [0.1, 0.15) is 34.6 Å². The number of hydrogen-bond acceptors (Lipinski definition) is 4. The lowest BCUT2D eigenvalue weighted by Gasteiger charge is -2.28. The molecular formula is C14H15NO3. The fourth-order valence-corrected chi connectivity index (χ4v) is 2.86. The van der Waals surface area contributed by atoms with Crippen LogP contribution >= 0.6 is 0 Å². The van der Waals surface area contributed by atoms with Crippen molar-refractivity contribution in [1.82, 2.24) is 4.90 Å². The SMILES string of the molecule is CCN(CC)C12OC1C(=O)c1ccccc1C2=O. The van der Waals surface area contributed by atoms with Crippen LogP contribution in [0.25, 0.3) is 0 Å². The highest BCUT2D eigenvalue weighted by atomic mass is 16.6. The van der Waals surface area contributed by atoms with Crippen molar-refractivity contribution in [3.8, 4) is 0 Å². The Bertz CT molecular complexity index is 536. The average molecular weight is 245 g/mol. The second-order valence-corrected chi connectivity index (χ2v) is 4.61. The smallest absolute Gasteiger partial charge is 0.221 e. The van der Waals surface area contributed by atoms with Gasteiger partial charge in [-0.2, -0.15) is 0 Å². The third-order valence-electron chi connectivity index (χ3n) is 3.83. The van der Waals surface area contributed by atoms with Crippen LogP contribution in [0.5, 0.6) is 0 Å². The van der Waals surface area contributed by atoms with Gasteiger partial charge >= 0.3 is 0 Å². The molecule has 1 heterocycles. The number of fused-ring (bicyclic) bond motifs is 2. The van der Waals surface area contributed by atoms with Gasteiger partial charge in [0, 0.05) is 11.1 Å². The number of Topliss-reactive ketones (excluding diaryl/α,β-unsaturated/α-hetero) is 2. The minimum absolute atomic E-state index is 0.0721. The van der Waals surface area contributed by atoms with Gasteiger partial charge in [0.15, 0.2) is 11.9 Å². The van der Waals surface area contributed by atoms with Crippen molar-refractivity contribution in [2.75, 3.05) is 13.1 Å². The molecule has 0 spiro atoms. The predicted octanol–water partition coefficient (Wildman–Crippen LogP) is 1.50. The van der Waals surface area contributed by atoms with Crippen molar-refractivity contribution in [3.63, 3.8) is 0 Å². The summed E-state index contributed by atoms with van der Waals surface area (Å²) in [4.78, 5) is 26.7. The molecule has 4 nitrogen and oxygen atoms in total. The Morgan fingerprint density at radius 3 is 2.39 bits per heavy atom. The van der Waals surface area contributed by atoms with Crippen molar-refractivity contribution in [3.05, 3.63) is 35.4 Å². The molecule has 94 valence electrons. The van der Waals surface area contributed by atoms with Crippen molar-refractivity contribution >= 4 is 11.6 Å². The van der Waals surface area contributed by atoms with Gasteiger partial charge in [0.05, 0.1) is 0 Å². The molecule has 2 aliphatic rings. The van der Waals surface area contributed by atoms with Crippen LogP contribution in [0.15, 0.2) is 24.3 Å². The number of epoxide rings is 1. The Morgan fingerprint density at radius 1 is 1.17 bits per heavy atom. The number of carbonyl (C=O) groups is 2. The summed E-state index contributed by atoms with van der Waals surface area (Å²) in [6.07, 6.45) is -0.611. The highest BCUT2D eigenvalue weighted by Crippen LogP contribution is 2.48. The molecule has 2 unspecified atom stereocenters. The number of hydrogen-bond donors (Lipinski definition) is 0. The molecule has 0 radical (unpaired) electrons. The van der Waals surface area contributed by atoms with Crippen LogP contribution < -0.4 is 0 Å². The Hall–Kier alpha value is -1.52. The first-order valence-electron chi connectivity index (χ1n) is 6.27. The molecule has 1 saturated heterocycles. The van der Waals surface area contributed by atoms with Crippen molar-refractivity contribution < 1.29 is 14.3 Å². The maximum absolute atomic E-state index is 12.6. The van der Waals surface area contributed by atoms with E-state index in [2.05, 4.69) is 0 Å². The van der Waals surface area contributed by atoms with E-state index in [0.29, 0.717) is 24.2 Å². The summed E-state index contributed by atoms with van der Waals surface area (Å²) in [5.41, 5.74) is -0.0366. The Morgan fingerprint density at radius 2 is 1.78 bits per heavy atom. The van der Waals surface area contributed by atoms with E-state index in [4.69, 9.17) is 4.74 Å². The third-order valence-corrected chi connectivity index (χ3v) is 3.83. The number of likely N-dealkylation sites (N-methyl/N-ethyl adjacent to an activating group) is 1. The van der Waals surface area contributed by atoms with Gasteiger partial charge in [0.25, 0.3) is 0 Å². The molecule has 0 N–H and O–H groups in total. The van der Waals surface area contributed by atoms with E-state index in [1.54, 1.807) is 24.3 Å². The minimum atomic E-state index is -1.02. The van der Waals surface area contributed by atoms with Crippen LogP contribution in [0.4, 0.5) is 0 Å². The molecular weight excluding hydrogens is 230 g/mol. The van der Waals surface area contributed by atoms with Crippen molar-refractivity contribution in [2.45, 2.75) is 25.7 Å².